The van der Waals surface area contributed by atoms with Gasteiger partial charge in [0.05, 0.1) is 12.5 Å². The van der Waals surface area contributed by atoms with Gasteiger partial charge in [-0.15, -0.1) is 0 Å². The van der Waals surface area contributed by atoms with Gasteiger partial charge in [-0.1, -0.05) is 19.3 Å². The normalized spacial score (nSPS) is 16.9. The first-order chi connectivity index (χ1) is 8.72. The minimum atomic E-state index is 0.519. The summed E-state index contributed by atoms with van der Waals surface area (Å²) < 4.78 is 1.63. The Hall–Kier alpha value is -1.83. The number of aryl methyl sites for hydroxylation is 1. The molecular formula is C13H19N5. The third kappa shape index (κ3) is 2.70. The summed E-state index contributed by atoms with van der Waals surface area (Å²) in [6.45, 7) is 0. The van der Waals surface area contributed by atoms with E-state index in [1.807, 2.05) is 6.34 Å². The van der Waals surface area contributed by atoms with Crippen LogP contribution in [0.2, 0.25) is 0 Å². The molecule has 1 heterocycles. The highest BCUT2D eigenvalue weighted by Crippen LogP contribution is 2.21. The van der Waals surface area contributed by atoms with Crippen molar-refractivity contribution in [2.45, 2.75) is 38.1 Å². The number of aliphatic imine (C=N–C) groups is 1. The minimum Gasteiger partial charge on any atom is -0.363 e. The van der Waals surface area contributed by atoms with Crippen LogP contribution in [-0.4, -0.2) is 34.1 Å². The molecule has 0 amide bonds. The number of rotatable bonds is 3. The Kier molecular flexibility index (Phi) is 3.98. The van der Waals surface area contributed by atoms with Gasteiger partial charge >= 0.3 is 0 Å². The van der Waals surface area contributed by atoms with E-state index in [9.17, 15) is 0 Å². The zero-order valence-electron chi connectivity index (χ0n) is 11.0. The molecular weight excluding hydrogens is 226 g/mol. The molecule has 0 unspecified atom stereocenters. The highest BCUT2D eigenvalue weighted by molar-refractivity contribution is 5.62. The van der Waals surface area contributed by atoms with Crippen LogP contribution in [0.25, 0.3) is 0 Å². The van der Waals surface area contributed by atoms with E-state index >= 15 is 0 Å². The minimum absolute atomic E-state index is 0.519. The molecule has 5 nitrogen and oxygen atoms in total. The van der Waals surface area contributed by atoms with Crippen molar-refractivity contribution in [3.8, 4) is 6.07 Å². The van der Waals surface area contributed by atoms with Gasteiger partial charge in [0.25, 0.3) is 0 Å². The van der Waals surface area contributed by atoms with Crippen molar-refractivity contribution in [2.75, 3.05) is 7.05 Å². The molecule has 1 aromatic heterocycles. The first kappa shape index (κ1) is 12.6. The van der Waals surface area contributed by atoms with Crippen LogP contribution in [-0.2, 0) is 7.05 Å². The molecule has 1 aromatic rings. The second-order valence-corrected chi connectivity index (χ2v) is 4.82. The molecule has 1 aliphatic carbocycles. The van der Waals surface area contributed by atoms with Gasteiger partial charge in [0.2, 0.25) is 0 Å². The predicted molar refractivity (Wildman–Crippen MR) is 70.7 cm³/mol. The van der Waals surface area contributed by atoms with Crippen LogP contribution in [0.4, 0.5) is 5.82 Å². The summed E-state index contributed by atoms with van der Waals surface area (Å²) in [5, 5.41) is 13.0. The van der Waals surface area contributed by atoms with Crippen LogP contribution in [0.15, 0.2) is 11.2 Å². The van der Waals surface area contributed by atoms with E-state index in [1.165, 1.54) is 32.1 Å². The van der Waals surface area contributed by atoms with Crippen molar-refractivity contribution in [1.82, 2.24) is 14.7 Å². The number of hydrogen-bond acceptors (Lipinski definition) is 3. The molecule has 0 aliphatic heterocycles. The van der Waals surface area contributed by atoms with Crippen LogP contribution in [0.3, 0.4) is 0 Å². The van der Waals surface area contributed by atoms with E-state index in [0.717, 1.165) is 0 Å². The van der Waals surface area contributed by atoms with Crippen LogP contribution in [0.1, 0.15) is 37.7 Å². The molecule has 5 heteroatoms. The van der Waals surface area contributed by atoms with Crippen LogP contribution in [0, 0.1) is 11.3 Å². The summed E-state index contributed by atoms with van der Waals surface area (Å²) >= 11 is 0. The Balaban J connectivity index is 2.05. The second-order valence-electron chi connectivity index (χ2n) is 4.82. The third-order valence-corrected chi connectivity index (χ3v) is 3.54. The van der Waals surface area contributed by atoms with Crippen molar-refractivity contribution < 1.29 is 0 Å². The van der Waals surface area contributed by atoms with Gasteiger partial charge < -0.3 is 4.90 Å². The van der Waals surface area contributed by atoms with Crippen molar-refractivity contribution in [3.05, 3.63) is 11.8 Å². The quantitative estimate of drug-likeness (QED) is 0.606. The van der Waals surface area contributed by atoms with Gasteiger partial charge in [0, 0.05) is 20.1 Å². The first-order valence-electron chi connectivity index (χ1n) is 6.40. The van der Waals surface area contributed by atoms with Crippen LogP contribution < -0.4 is 0 Å². The monoisotopic (exact) mass is 245 g/mol. The molecule has 1 saturated carbocycles. The van der Waals surface area contributed by atoms with Gasteiger partial charge in [0.15, 0.2) is 5.82 Å². The number of aromatic nitrogens is 2. The molecule has 1 aliphatic rings. The molecule has 18 heavy (non-hydrogen) atoms. The second kappa shape index (κ2) is 5.67. The molecule has 0 N–H and O–H groups in total. The lowest BCUT2D eigenvalue weighted by atomic mass is 9.95. The lowest BCUT2D eigenvalue weighted by Crippen LogP contribution is -2.32. The lowest BCUT2D eigenvalue weighted by molar-refractivity contribution is 0.284. The largest absolute Gasteiger partial charge is 0.363 e. The highest BCUT2D eigenvalue weighted by atomic mass is 15.3. The smallest absolute Gasteiger partial charge is 0.169 e. The first-order valence-corrected chi connectivity index (χ1v) is 6.40. The number of nitriles is 1. The van der Waals surface area contributed by atoms with Crippen molar-refractivity contribution in [3.63, 3.8) is 0 Å². The topological polar surface area (TPSA) is 57.2 Å². The van der Waals surface area contributed by atoms with Gasteiger partial charge in [-0.3, -0.25) is 0 Å². The molecule has 0 saturated heterocycles. The van der Waals surface area contributed by atoms with E-state index in [1.54, 1.807) is 17.9 Å². The summed E-state index contributed by atoms with van der Waals surface area (Å²) in [5.41, 5.74) is 0.519. The summed E-state index contributed by atoms with van der Waals surface area (Å²) in [6.07, 6.45) is 9.80. The van der Waals surface area contributed by atoms with Crippen LogP contribution >= 0.6 is 0 Å². The molecule has 96 valence electrons. The van der Waals surface area contributed by atoms with Crippen molar-refractivity contribution >= 4 is 12.2 Å². The average molecular weight is 245 g/mol. The Labute approximate surface area is 108 Å². The molecule has 0 atom stereocenters. The number of hydrogen-bond donors (Lipinski definition) is 0. The molecule has 0 aromatic carbocycles. The average Bonchev–Trinajstić information content (AvgIpc) is 2.77. The van der Waals surface area contributed by atoms with Crippen LogP contribution in [0.5, 0.6) is 0 Å². The maximum atomic E-state index is 8.95. The molecule has 0 radical (unpaired) electrons. The van der Waals surface area contributed by atoms with E-state index in [4.69, 9.17) is 5.26 Å². The summed E-state index contributed by atoms with van der Waals surface area (Å²) in [5.74, 6) is 0.625. The lowest BCUT2D eigenvalue weighted by Gasteiger charge is -2.29. The maximum absolute atomic E-state index is 8.95. The fourth-order valence-electron chi connectivity index (χ4n) is 2.39. The Morgan fingerprint density at radius 3 is 2.89 bits per heavy atom. The Morgan fingerprint density at radius 2 is 2.22 bits per heavy atom. The van der Waals surface area contributed by atoms with Gasteiger partial charge in [-0.2, -0.15) is 10.4 Å². The zero-order valence-corrected chi connectivity index (χ0v) is 11.0. The van der Waals surface area contributed by atoms with E-state index in [2.05, 4.69) is 28.1 Å². The summed E-state index contributed by atoms with van der Waals surface area (Å²) in [7, 11) is 3.86. The Morgan fingerprint density at radius 1 is 1.50 bits per heavy atom. The Bertz CT molecular complexity index is 462. The maximum Gasteiger partial charge on any atom is 0.169 e. The van der Waals surface area contributed by atoms with Crippen molar-refractivity contribution in [1.29, 1.82) is 5.26 Å². The SMILES string of the molecule is CN(C=Nc1c(C#N)cnn1C)C1CCCCC1. The van der Waals surface area contributed by atoms with Gasteiger partial charge in [0.1, 0.15) is 11.6 Å². The van der Waals surface area contributed by atoms with E-state index < -0.39 is 0 Å². The number of nitrogens with zero attached hydrogens (tertiary/aromatic N) is 5. The predicted octanol–water partition coefficient (Wildman–Crippen LogP) is 2.22. The molecule has 2 rings (SSSR count). The summed E-state index contributed by atoms with van der Waals surface area (Å²) in [4.78, 5) is 6.55. The van der Waals surface area contributed by atoms with Gasteiger partial charge in [-0.25, -0.2) is 9.67 Å². The molecule has 1 fully saturated rings. The third-order valence-electron chi connectivity index (χ3n) is 3.54. The van der Waals surface area contributed by atoms with Gasteiger partial charge in [-0.05, 0) is 12.8 Å². The molecule has 0 bridgehead atoms. The summed E-state index contributed by atoms with van der Waals surface area (Å²) in [6, 6.07) is 2.69. The standard InChI is InChI=1S/C13H19N5/c1-17(12-6-4-3-5-7-12)10-15-13-11(8-14)9-16-18(13)2/h9-10,12H,3-7H2,1-2H3. The van der Waals surface area contributed by atoms with E-state index in [-0.39, 0.29) is 0 Å². The van der Waals surface area contributed by atoms with E-state index in [0.29, 0.717) is 17.4 Å². The fourth-order valence-corrected chi connectivity index (χ4v) is 2.39. The highest BCUT2D eigenvalue weighted by Gasteiger charge is 2.16. The van der Waals surface area contributed by atoms with Crippen molar-refractivity contribution in [2.24, 2.45) is 12.0 Å². The molecule has 0 spiro atoms. The zero-order chi connectivity index (χ0) is 13.0. The fraction of sp³-hybridized carbons (Fsp3) is 0.615.